The lowest BCUT2D eigenvalue weighted by Crippen LogP contribution is -2.20. The van der Waals surface area contributed by atoms with Crippen LogP contribution in [0.5, 0.6) is 5.75 Å². The summed E-state index contributed by atoms with van der Waals surface area (Å²) in [6.45, 7) is 3.78. The third kappa shape index (κ3) is 4.59. The largest absolute Gasteiger partial charge is 0.497 e. The molecule has 3 aromatic rings. The molecule has 0 bridgehead atoms. The average Bonchev–Trinajstić information content (AvgIpc) is 3.29. The molecule has 1 fully saturated rings. The van der Waals surface area contributed by atoms with E-state index in [1.807, 2.05) is 6.07 Å². The van der Waals surface area contributed by atoms with Crippen molar-refractivity contribution >= 4 is 23.3 Å². The molecule has 0 radical (unpaired) electrons. The summed E-state index contributed by atoms with van der Waals surface area (Å²) in [6, 6.07) is 20.4. The quantitative estimate of drug-likeness (QED) is 0.579. The first-order chi connectivity index (χ1) is 15.4. The number of amides is 1. The Balaban J connectivity index is 1.51. The van der Waals surface area contributed by atoms with Crippen LogP contribution in [-0.4, -0.2) is 37.2 Å². The number of aromatic carboxylic acids is 1. The molecule has 1 heterocycles. The topological polar surface area (TPSA) is 78.9 Å². The van der Waals surface area contributed by atoms with E-state index in [-0.39, 0.29) is 17.2 Å². The van der Waals surface area contributed by atoms with Crippen LogP contribution in [0.1, 0.15) is 44.2 Å². The van der Waals surface area contributed by atoms with Gasteiger partial charge in [0.25, 0.3) is 5.91 Å². The number of methoxy groups -OCH3 is 1. The number of nitrogens with one attached hydrogen (secondary N) is 1. The van der Waals surface area contributed by atoms with Crippen molar-refractivity contribution in [3.8, 4) is 5.75 Å². The zero-order valence-electron chi connectivity index (χ0n) is 18.2. The van der Waals surface area contributed by atoms with Gasteiger partial charge in [-0.3, -0.25) is 4.79 Å². The van der Waals surface area contributed by atoms with Crippen molar-refractivity contribution in [1.29, 1.82) is 0 Å². The number of rotatable bonds is 6. The molecule has 1 unspecified atom stereocenters. The van der Waals surface area contributed by atoms with Gasteiger partial charge in [-0.1, -0.05) is 29.8 Å². The molecule has 1 atom stereocenters. The SMILES string of the molecule is COc1ccc(C(=O)Nc2ccc(N3CCC(c4cccc(C)c4)C3)cc2C(=O)O)cc1. The molecule has 32 heavy (non-hydrogen) atoms. The minimum atomic E-state index is -1.08. The second-order valence-electron chi connectivity index (χ2n) is 8.06. The summed E-state index contributed by atoms with van der Waals surface area (Å²) in [5.41, 5.74) is 4.17. The number of carbonyl (C=O) groups excluding carboxylic acids is 1. The zero-order valence-corrected chi connectivity index (χ0v) is 18.2. The van der Waals surface area contributed by atoms with E-state index in [9.17, 15) is 14.7 Å². The van der Waals surface area contributed by atoms with Gasteiger partial charge < -0.3 is 20.1 Å². The Morgan fingerprint density at radius 3 is 2.53 bits per heavy atom. The number of carbonyl (C=O) groups is 2. The number of benzene rings is 3. The highest BCUT2D eigenvalue weighted by molar-refractivity contribution is 6.08. The van der Waals surface area contributed by atoms with Crippen molar-refractivity contribution in [2.75, 3.05) is 30.4 Å². The summed E-state index contributed by atoms with van der Waals surface area (Å²) in [4.78, 5) is 26.7. The molecule has 1 amide bonds. The summed E-state index contributed by atoms with van der Waals surface area (Å²) in [6.07, 6.45) is 1.02. The van der Waals surface area contributed by atoms with Gasteiger partial charge in [-0.15, -0.1) is 0 Å². The van der Waals surface area contributed by atoms with Gasteiger partial charge in [-0.05, 0) is 61.4 Å². The van der Waals surface area contributed by atoms with E-state index in [2.05, 4.69) is 41.4 Å². The molecule has 164 valence electrons. The molecule has 3 aromatic carbocycles. The van der Waals surface area contributed by atoms with Crippen molar-refractivity contribution in [2.45, 2.75) is 19.3 Å². The van der Waals surface area contributed by atoms with Crippen LogP contribution in [0.4, 0.5) is 11.4 Å². The summed E-state index contributed by atoms with van der Waals surface area (Å²) in [5.74, 6) is -0.390. The zero-order chi connectivity index (χ0) is 22.7. The fourth-order valence-corrected chi connectivity index (χ4v) is 4.14. The first-order valence-corrected chi connectivity index (χ1v) is 10.6. The van der Waals surface area contributed by atoms with Gasteiger partial charge in [-0.2, -0.15) is 0 Å². The number of carboxylic acid groups (broad SMARTS) is 1. The second-order valence-corrected chi connectivity index (χ2v) is 8.06. The highest BCUT2D eigenvalue weighted by atomic mass is 16.5. The normalized spacial score (nSPS) is 15.4. The van der Waals surface area contributed by atoms with E-state index in [0.29, 0.717) is 17.2 Å². The van der Waals surface area contributed by atoms with Crippen LogP contribution in [0, 0.1) is 6.92 Å². The lowest BCUT2D eigenvalue weighted by molar-refractivity contribution is 0.0698. The minimum Gasteiger partial charge on any atom is -0.497 e. The van der Waals surface area contributed by atoms with Crippen molar-refractivity contribution < 1.29 is 19.4 Å². The van der Waals surface area contributed by atoms with E-state index >= 15 is 0 Å². The molecule has 1 aliphatic heterocycles. The highest BCUT2D eigenvalue weighted by Gasteiger charge is 2.25. The standard InChI is InChI=1S/C26H26N2O4/c1-17-4-3-5-19(14-17)20-12-13-28(16-20)21-8-11-24(23(15-21)26(30)31)27-25(29)18-6-9-22(32-2)10-7-18/h3-11,14-15,20H,12-13,16H2,1-2H3,(H,27,29)(H,30,31). The predicted octanol–water partition coefficient (Wildman–Crippen LogP) is 4.95. The van der Waals surface area contributed by atoms with Crippen LogP contribution in [0.15, 0.2) is 66.7 Å². The molecule has 6 heteroatoms. The molecular weight excluding hydrogens is 404 g/mol. The number of hydrogen-bond acceptors (Lipinski definition) is 4. The van der Waals surface area contributed by atoms with Crippen LogP contribution < -0.4 is 15.0 Å². The predicted molar refractivity (Wildman–Crippen MR) is 125 cm³/mol. The first-order valence-electron chi connectivity index (χ1n) is 10.6. The number of carboxylic acids is 1. The third-order valence-electron chi connectivity index (χ3n) is 5.90. The third-order valence-corrected chi connectivity index (χ3v) is 5.90. The lowest BCUT2D eigenvalue weighted by Gasteiger charge is -2.20. The van der Waals surface area contributed by atoms with Crippen molar-refractivity contribution in [1.82, 2.24) is 0 Å². The maximum Gasteiger partial charge on any atom is 0.337 e. The van der Waals surface area contributed by atoms with Crippen LogP contribution in [0.2, 0.25) is 0 Å². The fraction of sp³-hybridized carbons (Fsp3) is 0.231. The van der Waals surface area contributed by atoms with Crippen LogP contribution in [0.3, 0.4) is 0 Å². The number of ether oxygens (including phenoxy) is 1. The molecule has 0 spiro atoms. The number of hydrogen-bond donors (Lipinski definition) is 2. The van der Waals surface area contributed by atoms with E-state index in [1.54, 1.807) is 43.5 Å². The Kier molecular flexibility index (Phi) is 6.12. The van der Waals surface area contributed by atoms with Gasteiger partial charge in [0, 0.05) is 30.3 Å². The van der Waals surface area contributed by atoms with Crippen LogP contribution >= 0.6 is 0 Å². The summed E-state index contributed by atoms with van der Waals surface area (Å²) in [7, 11) is 1.55. The Hall–Kier alpha value is -3.80. The van der Waals surface area contributed by atoms with Crippen LogP contribution in [0.25, 0.3) is 0 Å². The first kappa shape index (κ1) is 21.4. The molecule has 4 rings (SSSR count). The average molecular weight is 431 g/mol. The number of aryl methyl sites for hydroxylation is 1. The van der Waals surface area contributed by atoms with Gasteiger partial charge in [0.05, 0.1) is 18.4 Å². The summed E-state index contributed by atoms with van der Waals surface area (Å²) >= 11 is 0. The smallest absolute Gasteiger partial charge is 0.337 e. The Morgan fingerprint density at radius 1 is 1.06 bits per heavy atom. The molecule has 0 saturated carbocycles. The van der Waals surface area contributed by atoms with E-state index in [0.717, 1.165) is 25.2 Å². The Labute approximate surface area is 187 Å². The van der Waals surface area contributed by atoms with Gasteiger partial charge >= 0.3 is 5.97 Å². The van der Waals surface area contributed by atoms with Crippen molar-refractivity contribution in [3.63, 3.8) is 0 Å². The minimum absolute atomic E-state index is 0.0726. The van der Waals surface area contributed by atoms with E-state index < -0.39 is 5.97 Å². The highest BCUT2D eigenvalue weighted by Crippen LogP contribution is 2.33. The molecular formula is C26H26N2O4. The molecule has 0 aliphatic carbocycles. The lowest BCUT2D eigenvalue weighted by atomic mass is 9.97. The number of nitrogens with zero attached hydrogens (tertiary/aromatic N) is 1. The molecule has 2 N–H and O–H groups in total. The maximum absolute atomic E-state index is 12.6. The van der Waals surface area contributed by atoms with Gasteiger partial charge in [0.1, 0.15) is 5.75 Å². The molecule has 1 saturated heterocycles. The summed E-state index contributed by atoms with van der Waals surface area (Å²) < 4.78 is 5.11. The van der Waals surface area contributed by atoms with Gasteiger partial charge in [-0.25, -0.2) is 4.79 Å². The van der Waals surface area contributed by atoms with Crippen molar-refractivity contribution in [2.24, 2.45) is 0 Å². The second kappa shape index (κ2) is 9.14. The Bertz CT molecular complexity index is 1140. The summed E-state index contributed by atoms with van der Waals surface area (Å²) in [5, 5.41) is 12.5. The number of anilines is 2. The monoisotopic (exact) mass is 430 g/mol. The van der Waals surface area contributed by atoms with E-state index in [1.165, 1.54) is 11.1 Å². The Morgan fingerprint density at radius 2 is 1.84 bits per heavy atom. The molecule has 1 aliphatic rings. The van der Waals surface area contributed by atoms with Crippen molar-refractivity contribution in [3.05, 3.63) is 89.0 Å². The van der Waals surface area contributed by atoms with Gasteiger partial charge in [0.2, 0.25) is 0 Å². The maximum atomic E-state index is 12.6. The van der Waals surface area contributed by atoms with Gasteiger partial charge in [0.15, 0.2) is 0 Å². The molecule has 6 nitrogen and oxygen atoms in total. The van der Waals surface area contributed by atoms with Crippen LogP contribution in [-0.2, 0) is 0 Å². The molecule has 0 aromatic heterocycles. The van der Waals surface area contributed by atoms with E-state index in [4.69, 9.17) is 4.74 Å². The fourth-order valence-electron chi connectivity index (χ4n) is 4.14.